The minimum absolute atomic E-state index is 0.730. The van der Waals surface area contributed by atoms with Crippen LogP contribution >= 0.6 is 0 Å². The molecule has 0 unspecified atom stereocenters. The molecule has 0 bridgehead atoms. The van der Waals surface area contributed by atoms with Crippen molar-refractivity contribution in [2.75, 3.05) is 36.8 Å². The van der Waals surface area contributed by atoms with Crippen LogP contribution in [0.4, 0.5) is 11.7 Å². The SMILES string of the molecule is Nc1ccc2oc(N3CCN(C4CCCC4)CC3)nc2c1. The van der Waals surface area contributed by atoms with E-state index in [0.717, 1.165) is 55.0 Å². The molecule has 0 amide bonds. The second-order valence-electron chi connectivity index (χ2n) is 6.18. The minimum Gasteiger partial charge on any atom is -0.423 e. The summed E-state index contributed by atoms with van der Waals surface area (Å²) in [6.07, 6.45) is 5.55. The van der Waals surface area contributed by atoms with E-state index >= 15 is 0 Å². The van der Waals surface area contributed by atoms with Crippen LogP contribution in [0.2, 0.25) is 0 Å². The summed E-state index contributed by atoms with van der Waals surface area (Å²) < 4.78 is 5.86. The molecule has 0 radical (unpaired) electrons. The molecule has 21 heavy (non-hydrogen) atoms. The molecule has 5 heteroatoms. The Morgan fingerprint density at radius 3 is 2.62 bits per heavy atom. The number of piperazine rings is 1. The topological polar surface area (TPSA) is 58.5 Å². The van der Waals surface area contributed by atoms with Crippen LogP contribution < -0.4 is 10.6 Å². The van der Waals surface area contributed by atoms with Crippen molar-refractivity contribution in [1.29, 1.82) is 0 Å². The van der Waals surface area contributed by atoms with E-state index in [4.69, 9.17) is 10.2 Å². The number of oxazole rings is 1. The Hall–Kier alpha value is -1.75. The zero-order valence-electron chi connectivity index (χ0n) is 12.3. The van der Waals surface area contributed by atoms with Gasteiger partial charge in [-0.2, -0.15) is 4.98 Å². The number of nitrogens with two attached hydrogens (primary N) is 1. The van der Waals surface area contributed by atoms with Gasteiger partial charge in [0.2, 0.25) is 0 Å². The number of nitrogens with zero attached hydrogens (tertiary/aromatic N) is 3. The highest BCUT2D eigenvalue weighted by molar-refractivity contribution is 5.78. The van der Waals surface area contributed by atoms with Crippen LogP contribution in [0.1, 0.15) is 25.7 Å². The first-order valence-electron chi connectivity index (χ1n) is 7.95. The van der Waals surface area contributed by atoms with E-state index in [1.807, 2.05) is 18.2 Å². The van der Waals surface area contributed by atoms with Gasteiger partial charge in [0.1, 0.15) is 5.52 Å². The summed E-state index contributed by atoms with van der Waals surface area (Å²) in [5, 5.41) is 0. The van der Waals surface area contributed by atoms with Crippen molar-refractivity contribution in [3.8, 4) is 0 Å². The summed E-state index contributed by atoms with van der Waals surface area (Å²) in [4.78, 5) is 9.48. The highest BCUT2D eigenvalue weighted by Gasteiger charge is 2.27. The molecule has 0 atom stereocenters. The predicted octanol–water partition coefficient (Wildman–Crippen LogP) is 2.47. The van der Waals surface area contributed by atoms with Crippen LogP contribution in [0, 0.1) is 0 Å². The van der Waals surface area contributed by atoms with Gasteiger partial charge in [-0.05, 0) is 31.0 Å². The molecule has 4 rings (SSSR count). The van der Waals surface area contributed by atoms with Gasteiger partial charge in [0.15, 0.2) is 5.58 Å². The summed E-state index contributed by atoms with van der Waals surface area (Å²) in [5.74, 6) is 0. The van der Waals surface area contributed by atoms with E-state index in [1.54, 1.807) is 0 Å². The maximum Gasteiger partial charge on any atom is 0.298 e. The van der Waals surface area contributed by atoms with Gasteiger partial charge in [-0.25, -0.2) is 0 Å². The average Bonchev–Trinajstić information content (AvgIpc) is 3.16. The zero-order valence-corrected chi connectivity index (χ0v) is 12.3. The summed E-state index contributed by atoms with van der Waals surface area (Å²) >= 11 is 0. The van der Waals surface area contributed by atoms with Gasteiger partial charge in [-0.1, -0.05) is 12.8 Å². The van der Waals surface area contributed by atoms with E-state index in [1.165, 1.54) is 25.7 Å². The molecular formula is C16H22N4O. The Bertz CT molecular complexity index is 624. The van der Waals surface area contributed by atoms with Crippen molar-refractivity contribution in [2.24, 2.45) is 0 Å². The monoisotopic (exact) mass is 286 g/mol. The molecule has 2 heterocycles. The van der Waals surface area contributed by atoms with E-state index in [2.05, 4.69) is 14.8 Å². The van der Waals surface area contributed by atoms with Gasteiger partial charge in [0.05, 0.1) is 0 Å². The molecule has 1 saturated carbocycles. The van der Waals surface area contributed by atoms with Crippen LogP contribution in [-0.4, -0.2) is 42.1 Å². The third-order valence-electron chi connectivity index (χ3n) is 4.83. The van der Waals surface area contributed by atoms with Crippen LogP contribution in [0.5, 0.6) is 0 Å². The molecule has 112 valence electrons. The van der Waals surface area contributed by atoms with E-state index < -0.39 is 0 Å². The number of anilines is 2. The Morgan fingerprint density at radius 1 is 1.10 bits per heavy atom. The molecule has 2 N–H and O–H groups in total. The first-order valence-corrected chi connectivity index (χ1v) is 7.95. The molecule has 5 nitrogen and oxygen atoms in total. The fourth-order valence-electron chi connectivity index (χ4n) is 3.62. The smallest absolute Gasteiger partial charge is 0.298 e. The van der Waals surface area contributed by atoms with Crippen molar-refractivity contribution in [1.82, 2.24) is 9.88 Å². The van der Waals surface area contributed by atoms with Crippen molar-refractivity contribution in [2.45, 2.75) is 31.7 Å². The zero-order chi connectivity index (χ0) is 14.2. The van der Waals surface area contributed by atoms with E-state index in [0.29, 0.717) is 0 Å². The molecule has 1 aromatic carbocycles. The lowest BCUT2D eigenvalue weighted by Gasteiger charge is -2.37. The van der Waals surface area contributed by atoms with E-state index in [9.17, 15) is 0 Å². The molecule has 2 aliphatic rings. The molecule has 1 aliphatic carbocycles. The van der Waals surface area contributed by atoms with Crippen molar-refractivity contribution in [3.05, 3.63) is 18.2 Å². The maximum absolute atomic E-state index is 5.86. The van der Waals surface area contributed by atoms with Crippen LogP contribution in [0.15, 0.2) is 22.6 Å². The highest BCUT2D eigenvalue weighted by Crippen LogP contribution is 2.27. The van der Waals surface area contributed by atoms with Crippen molar-refractivity contribution < 1.29 is 4.42 Å². The van der Waals surface area contributed by atoms with Gasteiger partial charge < -0.3 is 15.1 Å². The number of aromatic nitrogens is 1. The third-order valence-corrected chi connectivity index (χ3v) is 4.83. The molecule has 2 aromatic rings. The molecule has 2 fully saturated rings. The second kappa shape index (κ2) is 5.22. The summed E-state index contributed by atoms with van der Waals surface area (Å²) in [6.45, 7) is 4.23. The number of hydrogen-bond donors (Lipinski definition) is 1. The highest BCUT2D eigenvalue weighted by atomic mass is 16.4. The lowest BCUT2D eigenvalue weighted by atomic mass is 10.2. The number of nitrogen functional groups attached to an aromatic ring is 1. The van der Waals surface area contributed by atoms with Crippen LogP contribution in [-0.2, 0) is 0 Å². The fourth-order valence-corrected chi connectivity index (χ4v) is 3.62. The number of benzene rings is 1. The quantitative estimate of drug-likeness (QED) is 0.859. The minimum atomic E-state index is 0.730. The van der Waals surface area contributed by atoms with Gasteiger partial charge in [0.25, 0.3) is 6.01 Å². The fraction of sp³-hybridized carbons (Fsp3) is 0.562. The van der Waals surface area contributed by atoms with Gasteiger partial charge >= 0.3 is 0 Å². The Labute approximate surface area is 124 Å². The first-order chi connectivity index (χ1) is 10.3. The maximum atomic E-state index is 5.86. The first kappa shape index (κ1) is 13.0. The van der Waals surface area contributed by atoms with Crippen LogP contribution in [0.3, 0.4) is 0 Å². The lowest BCUT2D eigenvalue weighted by Crippen LogP contribution is -2.49. The molecule has 1 saturated heterocycles. The standard InChI is InChI=1S/C16H22N4O/c17-12-5-6-15-14(11-12)18-16(21-15)20-9-7-19(8-10-20)13-3-1-2-4-13/h5-6,11,13H,1-4,7-10,17H2. The van der Waals surface area contributed by atoms with Gasteiger partial charge in [-0.3, -0.25) is 4.90 Å². The summed E-state index contributed by atoms with van der Waals surface area (Å²) in [5.41, 5.74) is 8.19. The second-order valence-corrected chi connectivity index (χ2v) is 6.18. The van der Waals surface area contributed by atoms with Gasteiger partial charge in [-0.15, -0.1) is 0 Å². The Morgan fingerprint density at radius 2 is 1.86 bits per heavy atom. The average molecular weight is 286 g/mol. The van der Waals surface area contributed by atoms with Crippen LogP contribution in [0.25, 0.3) is 11.1 Å². The number of hydrogen-bond acceptors (Lipinski definition) is 5. The summed E-state index contributed by atoms with van der Waals surface area (Å²) in [6, 6.07) is 7.18. The molecule has 0 spiro atoms. The van der Waals surface area contributed by atoms with Crippen molar-refractivity contribution in [3.63, 3.8) is 0 Å². The molecule has 1 aromatic heterocycles. The Balaban J connectivity index is 1.46. The molecule has 1 aliphatic heterocycles. The summed E-state index contributed by atoms with van der Waals surface area (Å²) in [7, 11) is 0. The lowest BCUT2D eigenvalue weighted by molar-refractivity contribution is 0.185. The third kappa shape index (κ3) is 2.46. The normalized spacial score (nSPS) is 21.4. The van der Waals surface area contributed by atoms with E-state index in [-0.39, 0.29) is 0 Å². The Kier molecular flexibility index (Phi) is 3.22. The van der Waals surface area contributed by atoms with Gasteiger partial charge in [0, 0.05) is 37.9 Å². The van der Waals surface area contributed by atoms with Crippen molar-refractivity contribution >= 4 is 22.8 Å². The molecular weight excluding hydrogens is 264 g/mol. The predicted molar refractivity (Wildman–Crippen MR) is 84.5 cm³/mol. The number of fused-ring (bicyclic) bond motifs is 1. The largest absolute Gasteiger partial charge is 0.423 e. The number of rotatable bonds is 2.